The number of likely N-dealkylation sites (tertiary alicyclic amines) is 1. The van der Waals surface area contributed by atoms with Gasteiger partial charge in [0.15, 0.2) is 0 Å². The molecule has 4 rings (SSSR count). The lowest BCUT2D eigenvalue weighted by Gasteiger charge is -2.31. The number of piperidine rings is 1. The standard InChI is InChI=1S/C21H25N3OS/c1-15(2)17-9-7-16(8-10-17)13-24-11-3-5-18(14-24)20-22-23-21(25-20)19-6-4-12-26-19/h4,6-10,12,15,18H,3,5,11,13-14H2,1-2H3/t18-/m0/s1. The molecule has 0 amide bonds. The van der Waals surface area contributed by atoms with Crippen LogP contribution in [0.25, 0.3) is 10.8 Å². The van der Waals surface area contributed by atoms with Crippen molar-refractivity contribution in [2.45, 2.75) is 45.1 Å². The molecule has 0 aliphatic carbocycles. The van der Waals surface area contributed by atoms with E-state index in [0.717, 1.165) is 36.8 Å². The highest BCUT2D eigenvalue weighted by atomic mass is 32.1. The fourth-order valence-electron chi connectivity index (χ4n) is 3.57. The molecule has 4 nitrogen and oxygen atoms in total. The smallest absolute Gasteiger partial charge is 0.257 e. The molecular weight excluding hydrogens is 342 g/mol. The Morgan fingerprint density at radius 2 is 2.04 bits per heavy atom. The van der Waals surface area contributed by atoms with Crippen molar-refractivity contribution in [3.8, 4) is 10.8 Å². The maximum absolute atomic E-state index is 5.97. The maximum atomic E-state index is 5.97. The normalized spacial score (nSPS) is 18.5. The van der Waals surface area contributed by atoms with Gasteiger partial charge in [0.25, 0.3) is 5.89 Å². The molecule has 2 aromatic heterocycles. The van der Waals surface area contributed by atoms with Gasteiger partial charge in [-0.25, -0.2) is 0 Å². The number of rotatable bonds is 5. The molecule has 26 heavy (non-hydrogen) atoms. The summed E-state index contributed by atoms with van der Waals surface area (Å²) < 4.78 is 5.97. The summed E-state index contributed by atoms with van der Waals surface area (Å²) >= 11 is 1.63. The van der Waals surface area contributed by atoms with Crippen LogP contribution in [0, 0.1) is 0 Å². The Morgan fingerprint density at radius 3 is 2.77 bits per heavy atom. The van der Waals surface area contributed by atoms with E-state index in [1.165, 1.54) is 17.5 Å². The van der Waals surface area contributed by atoms with E-state index in [1.807, 2.05) is 17.5 Å². The van der Waals surface area contributed by atoms with E-state index in [4.69, 9.17) is 4.42 Å². The van der Waals surface area contributed by atoms with Gasteiger partial charge < -0.3 is 4.42 Å². The highest BCUT2D eigenvalue weighted by molar-refractivity contribution is 7.13. The zero-order valence-electron chi connectivity index (χ0n) is 15.4. The Bertz CT molecular complexity index is 823. The predicted molar refractivity (Wildman–Crippen MR) is 105 cm³/mol. The molecule has 1 fully saturated rings. The molecule has 136 valence electrons. The van der Waals surface area contributed by atoms with Crippen LogP contribution in [0.4, 0.5) is 0 Å². The van der Waals surface area contributed by atoms with Crippen molar-refractivity contribution < 1.29 is 4.42 Å². The molecule has 1 aromatic carbocycles. The van der Waals surface area contributed by atoms with Crippen LogP contribution >= 0.6 is 11.3 Å². The monoisotopic (exact) mass is 367 g/mol. The topological polar surface area (TPSA) is 42.2 Å². The average Bonchev–Trinajstić information content (AvgIpc) is 3.34. The summed E-state index contributed by atoms with van der Waals surface area (Å²) in [5, 5.41) is 10.6. The first kappa shape index (κ1) is 17.4. The molecule has 0 bridgehead atoms. The molecule has 1 aliphatic rings. The largest absolute Gasteiger partial charge is 0.420 e. The summed E-state index contributed by atoms with van der Waals surface area (Å²) in [5.41, 5.74) is 2.78. The number of hydrogen-bond donors (Lipinski definition) is 0. The quantitative estimate of drug-likeness (QED) is 0.613. The van der Waals surface area contributed by atoms with Crippen LogP contribution in [-0.2, 0) is 6.54 Å². The highest BCUT2D eigenvalue weighted by Gasteiger charge is 2.26. The first-order valence-electron chi connectivity index (χ1n) is 9.37. The molecule has 3 heterocycles. The van der Waals surface area contributed by atoms with Crippen LogP contribution in [0.3, 0.4) is 0 Å². The van der Waals surface area contributed by atoms with Crippen molar-refractivity contribution >= 4 is 11.3 Å². The van der Waals surface area contributed by atoms with Gasteiger partial charge in [0.05, 0.1) is 10.8 Å². The Labute approximate surface area is 158 Å². The van der Waals surface area contributed by atoms with Crippen molar-refractivity contribution in [1.82, 2.24) is 15.1 Å². The van der Waals surface area contributed by atoms with Crippen molar-refractivity contribution in [2.75, 3.05) is 13.1 Å². The molecule has 3 aromatic rings. The van der Waals surface area contributed by atoms with Crippen molar-refractivity contribution in [3.63, 3.8) is 0 Å². The lowest BCUT2D eigenvalue weighted by molar-refractivity contribution is 0.186. The van der Waals surface area contributed by atoms with Gasteiger partial charge in [-0.3, -0.25) is 4.90 Å². The number of aromatic nitrogens is 2. The Balaban J connectivity index is 1.41. The van der Waals surface area contributed by atoms with Crippen molar-refractivity contribution in [3.05, 3.63) is 58.8 Å². The molecule has 0 spiro atoms. The van der Waals surface area contributed by atoms with Crippen LogP contribution in [0.5, 0.6) is 0 Å². The van der Waals surface area contributed by atoms with Gasteiger partial charge in [-0.05, 0) is 47.9 Å². The van der Waals surface area contributed by atoms with Crippen LogP contribution in [-0.4, -0.2) is 28.2 Å². The van der Waals surface area contributed by atoms with Gasteiger partial charge in [0, 0.05) is 13.1 Å². The summed E-state index contributed by atoms with van der Waals surface area (Å²) in [6.45, 7) is 7.57. The van der Waals surface area contributed by atoms with Crippen LogP contribution in [0.1, 0.15) is 55.5 Å². The van der Waals surface area contributed by atoms with Gasteiger partial charge in [-0.2, -0.15) is 0 Å². The average molecular weight is 368 g/mol. The number of nitrogens with zero attached hydrogens (tertiary/aromatic N) is 3. The lowest BCUT2D eigenvalue weighted by atomic mass is 9.97. The van der Waals surface area contributed by atoms with E-state index in [0.29, 0.717) is 17.7 Å². The van der Waals surface area contributed by atoms with Gasteiger partial charge in [0.2, 0.25) is 5.89 Å². The van der Waals surface area contributed by atoms with Gasteiger partial charge in [-0.1, -0.05) is 44.2 Å². The maximum Gasteiger partial charge on any atom is 0.257 e. The van der Waals surface area contributed by atoms with E-state index in [9.17, 15) is 0 Å². The minimum Gasteiger partial charge on any atom is -0.420 e. The lowest BCUT2D eigenvalue weighted by Crippen LogP contribution is -2.34. The van der Waals surface area contributed by atoms with E-state index in [2.05, 4.69) is 53.2 Å². The second kappa shape index (κ2) is 7.72. The van der Waals surface area contributed by atoms with E-state index >= 15 is 0 Å². The van der Waals surface area contributed by atoms with Crippen LogP contribution < -0.4 is 0 Å². The molecule has 5 heteroatoms. The van der Waals surface area contributed by atoms with E-state index in [1.54, 1.807) is 11.3 Å². The predicted octanol–water partition coefficient (Wildman–Crippen LogP) is 5.30. The summed E-state index contributed by atoms with van der Waals surface area (Å²) in [4.78, 5) is 3.55. The Hall–Kier alpha value is -1.98. The summed E-state index contributed by atoms with van der Waals surface area (Å²) in [6.07, 6.45) is 2.29. The Kier molecular flexibility index (Phi) is 5.18. The molecule has 0 N–H and O–H groups in total. The fraction of sp³-hybridized carbons (Fsp3) is 0.429. The van der Waals surface area contributed by atoms with Crippen LogP contribution in [0.15, 0.2) is 46.2 Å². The number of thiophene rings is 1. The molecule has 0 radical (unpaired) electrons. The molecule has 1 aliphatic heterocycles. The van der Waals surface area contributed by atoms with Gasteiger partial charge in [-0.15, -0.1) is 21.5 Å². The SMILES string of the molecule is CC(C)c1ccc(CN2CCC[C@H](c3nnc(-c4cccs4)o3)C2)cc1. The highest BCUT2D eigenvalue weighted by Crippen LogP contribution is 2.30. The summed E-state index contributed by atoms with van der Waals surface area (Å²) in [6, 6.07) is 13.1. The molecule has 1 atom stereocenters. The third-order valence-corrected chi connectivity index (χ3v) is 5.94. The van der Waals surface area contributed by atoms with Crippen molar-refractivity contribution in [2.24, 2.45) is 0 Å². The minimum absolute atomic E-state index is 0.333. The fourth-order valence-corrected chi connectivity index (χ4v) is 4.21. The molecule has 0 unspecified atom stereocenters. The number of benzene rings is 1. The molecule has 1 saturated heterocycles. The minimum atomic E-state index is 0.333. The Morgan fingerprint density at radius 1 is 1.19 bits per heavy atom. The van der Waals surface area contributed by atoms with E-state index < -0.39 is 0 Å². The second-order valence-corrected chi connectivity index (χ2v) is 8.34. The number of hydrogen-bond acceptors (Lipinski definition) is 5. The summed E-state index contributed by atoms with van der Waals surface area (Å²) in [7, 11) is 0. The van der Waals surface area contributed by atoms with Crippen LogP contribution in [0.2, 0.25) is 0 Å². The zero-order chi connectivity index (χ0) is 17.9. The van der Waals surface area contributed by atoms with E-state index in [-0.39, 0.29) is 0 Å². The second-order valence-electron chi connectivity index (χ2n) is 7.39. The molecule has 0 saturated carbocycles. The van der Waals surface area contributed by atoms with Gasteiger partial charge >= 0.3 is 0 Å². The van der Waals surface area contributed by atoms with Gasteiger partial charge in [0.1, 0.15) is 0 Å². The zero-order valence-corrected chi connectivity index (χ0v) is 16.2. The third kappa shape index (κ3) is 3.89. The summed E-state index contributed by atoms with van der Waals surface area (Å²) in [5.74, 6) is 2.35. The van der Waals surface area contributed by atoms with Crippen molar-refractivity contribution in [1.29, 1.82) is 0 Å². The third-order valence-electron chi connectivity index (χ3n) is 5.08. The first-order valence-corrected chi connectivity index (χ1v) is 10.3. The first-order chi connectivity index (χ1) is 12.7. The molecular formula is C21H25N3OS.